The number of hydrogen-bond acceptors (Lipinski definition) is 1. The van der Waals surface area contributed by atoms with E-state index in [4.69, 9.17) is 0 Å². The van der Waals surface area contributed by atoms with Crippen LogP contribution in [0.25, 0.3) is 0 Å². The van der Waals surface area contributed by atoms with Crippen LogP contribution in [0.15, 0.2) is 4.99 Å². The van der Waals surface area contributed by atoms with Crippen LogP contribution in [-0.2, 0) is 0 Å². The van der Waals surface area contributed by atoms with Gasteiger partial charge in [0, 0.05) is 26.7 Å². The van der Waals surface area contributed by atoms with Gasteiger partial charge in [0.15, 0.2) is 5.96 Å². The highest BCUT2D eigenvalue weighted by Crippen LogP contribution is 1.98. The lowest BCUT2D eigenvalue weighted by molar-refractivity contribution is 0.426. The van der Waals surface area contributed by atoms with E-state index in [9.17, 15) is 0 Å². The summed E-state index contributed by atoms with van der Waals surface area (Å²) in [6.45, 7) is 7.50. The summed E-state index contributed by atoms with van der Waals surface area (Å²) in [7, 11) is 2.09. The van der Waals surface area contributed by atoms with Crippen LogP contribution in [0.2, 0.25) is 0 Å². The first kappa shape index (κ1) is 9.36. The number of rotatable bonds is 2. The van der Waals surface area contributed by atoms with Gasteiger partial charge in [0.25, 0.3) is 0 Å². The highest BCUT2D eigenvalue weighted by Gasteiger charge is 2.10. The fourth-order valence-corrected chi connectivity index (χ4v) is 1.20. The van der Waals surface area contributed by atoms with Gasteiger partial charge in [-0.15, -0.1) is 0 Å². The molecule has 1 heterocycles. The third kappa shape index (κ3) is 2.72. The molecule has 0 atom stereocenters. The second-order valence-electron chi connectivity index (χ2n) is 3.76. The van der Waals surface area contributed by atoms with Crippen molar-refractivity contribution < 1.29 is 0 Å². The zero-order chi connectivity index (χ0) is 8.97. The summed E-state index contributed by atoms with van der Waals surface area (Å²) in [6.07, 6.45) is 1.22. The van der Waals surface area contributed by atoms with Crippen LogP contribution in [0, 0.1) is 5.92 Å². The van der Waals surface area contributed by atoms with Crippen LogP contribution in [0.3, 0.4) is 0 Å². The molecular weight excluding hydrogens is 150 g/mol. The first-order valence-corrected chi connectivity index (χ1v) is 4.69. The minimum atomic E-state index is 0.648. The Morgan fingerprint density at radius 2 is 2.33 bits per heavy atom. The van der Waals surface area contributed by atoms with Crippen molar-refractivity contribution in [1.82, 2.24) is 10.2 Å². The predicted molar refractivity (Wildman–Crippen MR) is 52.4 cm³/mol. The highest BCUT2D eigenvalue weighted by atomic mass is 15.3. The van der Waals surface area contributed by atoms with Crippen LogP contribution in [0.1, 0.15) is 20.3 Å². The first-order valence-electron chi connectivity index (χ1n) is 4.69. The summed E-state index contributed by atoms with van der Waals surface area (Å²) in [5.74, 6) is 1.71. The molecule has 3 heteroatoms. The van der Waals surface area contributed by atoms with Gasteiger partial charge in [0.2, 0.25) is 0 Å². The molecule has 0 spiro atoms. The summed E-state index contributed by atoms with van der Waals surface area (Å²) in [5, 5.41) is 3.30. The summed E-state index contributed by atoms with van der Waals surface area (Å²) in [5.41, 5.74) is 0. The quantitative estimate of drug-likeness (QED) is 0.665. The topological polar surface area (TPSA) is 27.6 Å². The molecule has 1 saturated heterocycles. The lowest BCUT2D eigenvalue weighted by Crippen LogP contribution is -2.45. The van der Waals surface area contributed by atoms with Crippen molar-refractivity contribution >= 4 is 5.96 Å². The molecule has 0 aliphatic carbocycles. The molecular formula is C9H19N3. The molecule has 0 unspecified atom stereocenters. The van der Waals surface area contributed by atoms with Gasteiger partial charge in [0.05, 0.1) is 0 Å². The molecule has 1 aliphatic rings. The SMILES string of the molecule is CC(C)C/N=C1/NCCCN1C. The highest BCUT2D eigenvalue weighted by molar-refractivity contribution is 5.80. The Kier molecular flexibility index (Phi) is 3.38. The molecule has 1 rings (SSSR count). The normalized spacial score (nSPS) is 21.7. The Labute approximate surface area is 74.9 Å². The van der Waals surface area contributed by atoms with E-state index in [0.29, 0.717) is 5.92 Å². The van der Waals surface area contributed by atoms with Crippen molar-refractivity contribution in [2.45, 2.75) is 20.3 Å². The maximum absolute atomic E-state index is 4.50. The summed E-state index contributed by atoms with van der Waals surface area (Å²) < 4.78 is 0. The van der Waals surface area contributed by atoms with Crippen LogP contribution < -0.4 is 5.32 Å². The van der Waals surface area contributed by atoms with Gasteiger partial charge in [-0.1, -0.05) is 13.8 Å². The Morgan fingerprint density at radius 1 is 1.58 bits per heavy atom. The van der Waals surface area contributed by atoms with Crippen LogP contribution in [0.4, 0.5) is 0 Å². The van der Waals surface area contributed by atoms with Crippen molar-refractivity contribution in [1.29, 1.82) is 0 Å². The van der Waals surface area contributed by atoms with Gasteiger partial charge >= 0.3 is 0 Å². The Balaban J connectivity index is 2.41. The van der Waals surface area contributed by atoms with Crippen LogP contribution in [0.5, 0.6) is 0 Å². The van der Waals surface area contributed by atoms with Crippen LogP contribution in [-0.4, -0.2) is 37.5 Å². The molecule has 3 nitrogen and oxygen atoms in total. The lowest BCUT2D eigenvalue weighted by Gasteiger charge is -2.27. The largest absolute Gasteiger partial charge is 0.356 e. The molecule has 1 fully saturated rings. The van der Waals surface area contributed by atoms with Crippen molar-refractivity contribution in [2.75, 3.05) is 26.7 Å². The zero-order valence-electron chi connectivity index (χ0n) is 8.30. The van der Waals surface area contributed by atoms with Gasteiger partial charge in [-0.2, -0.15) is 0 Å². The third-order valence-electron chi connectivity index (χ3n) is 1.92. The fourth-order valence-electron chi connectivity index (χ4n) is 1.20. The third-order valence-corrected chi connectivity index (χ3v) is 1.92. The smallest absolute Gasteiger partial charge is 0.193 e. The Hall–Kier alpha value is -0.730. The minimum absolute atomic E-state index is 0.648. The van der Waals surface area contributed by atoms with E-state index >= 15 is 0 Å². The molecule has 0 amide bonds. The number of guanidine groups is 1. The molecule has 0 aromatic carbocycles. The van der Waals surface area contributed by atoms with Gasteiger partial charge in [-0.25, -0.2) is 0 Å². The number of nitrogens with one attached hydrogen (secondary N) is 1. The molecule has 1 N–H and O–H groups in total. The number of hydrogen-bond donors (Lipinski definition) is 1. The van der Waals surface area contributed by atoms with E-state index in [2.05, 4.69) is 36.1 Å². The predicted octanol–water partition coefficient (Wildman–Crippen LogP) is 0.923. The van der Waals surface area contributed by atoms with Crippen LogP contribution >= 0.6 is 0 Å². The van der Waals surface area contributed by atoms with E-state index in [1.165, 1.54) is 6.42 Å². The number of nitrogens with zero attached hydrogens (tertiary/aromatic N) is 2. The van der Waals surface area contributed by atoms with Crippen molar-refractivity contribution in [3.05, 3.63) is 0 Å². The second kappa shape index (κ2) is 4.33. The average molecular weight is 169 g/mol. The average Bonchev–Trinajstić information content (AvgIpc) is 2.03. The Bertz CT molecular complexity index is 163. The fraction of sp³-hybridized carbons (Fsp3) is 0.889. The molecule has 0 aromatic heterocycles. The van der Waals surface area contributed by atoms with Crippen molar-refractivity contribution in [3.63, 3.8) is 0 Å². The molecule has 0 aromatic rings. The zero-order valence-corrected chi connectivity index (χ0v) is 8.30. The van der Waals surface area contributed by atoms with E-state index < -0.39 is 0 Å². The summed E-state index contributed by atoms with van der Waals surface area (Å²) >= 11 is 0. The van der Waals surface area contributed by atoms with Gasteiger partial charge in [-0.3, -0.25) is 4.99 Å². The minimum Gasteiger partial charge on any atom is -0.356 e. The standard InChI is InChI=1S/C9H19N3/c1-8(2)7-11-9-10-5-4-6-12(9)3/h8H,4-7H2,1-3H3,(H,10,11). The Morgan fingerprint density at radius 3 is 2.92 bits per heavy atom. The molecule has 0 radical (unpaired) electrons. The maximum Gasteiger partial charge on any atom is 0.193 e. The monoisotopic (exact) mass is 169 g/mol. The van der Waals surface area contributed by atoms with Gasteiger partial charge in [-0.05, 0) is 12.3 Å². The van der Waals surface area contributed by atoms with E-state index in [-0.39, 0.29) is 0 Å². The molecule has 70 valence electrons. The summed E-state index contributed by atoms with van der Waals surface area (Å²) in [6, 6.07) is 0. The van der Waals surface area contributed by atoms with E-state index in [0.717, 1.165) is 25.6 Å². The molecule has 0 saturated carbocycles. The second-order valence-corrected chi connectivity index (χ2v) is 3.76. The van der Waals surface area contributed by atoms with Gasteiger partial charge < -0.3 is 10.2 Å². The summed E-state index contributed by atoms with van der Waals surface area (Å²) in [4.78, 5) is 6.68. The molecule has 12 heavy (non-hydrogen) atoms. The molecule has 1 aliphatic heterocycles. The van der Waals surface area contributed by atoms with E-state index in [1.807, 2.05) is 0 Å². The number of aliphatic imine (C=N–C) groups is 1. The maximum atomic E-state index is 4.50. The van der Waals surface area contributed by atoms with Crippen molar-refractivity contribution in [3.8, 4) is 0 Å². The van der Waals surface area contributed by atoms with E-state index in [1.54, 1.807) is 0 Å². The first-order chi connectivity index (χ1) is 5.70. The van der Waals surface area contributed by atoms with Crippen molar-refractivity contribution in [2.24, 2.45) is 10.9 Å². The molecule has 0 bridgehead atoms. The van der Waals surface area contributed by atoms with Gasteiger partial charge in [0.1, 0.15) is 0 Å². The lowest BCUT2D eigenvalue weighted by atomic mass is 10.2.